The summed E-state index contributed by atoms with van der Waals surface area (Å²) in [5.41, 5.74) is 1.82. The van der Waals surface area contributed by atoms with Crippen LogP contribution >= 0.6 is 11.6 Å². The molecule has 3 heteroatoms. The van der Waals surface area contributed by atoms with Gasteiger partial charge in [0.25, 0.3) is 0 Å². The zero-order valence-electron chi connectivity index (χ0n) is 10.7. The molecule has 2 rings (SSSR count). The van der Waals surface area contributed by atoms with E-state index in [4.69, 9.17) is 11.6 Å². The fourth-order valence-corrected chi connectivity index (χ4v) is 2.13. The molecule has 0 aromatic heterocycles. The van der Waals surface area contributed by atoms with E-state index < -0.39 is 0 Å². The van der Waals surface area contributed by atoms with Gasteiger partial charge < -0.3 is 5.32 Å². The smallest absolute Gasteiger partial charge is 0.146 e. The van der Waals surface area contributed by atoms with Gasteiger partial charge in [0.05, 0.1) is 5.69 Å². The van der Waals surface area contributed by atoms with Gasteiger partial charge in [-0.25, -0.2) is 4.39 Å². The van der Waals surface area contributed by atoms with Crippen molar-refractivity contribution in [1.82, 2.24) is 0 Å². The molecule has 2 aromatic carbocycles. The highest BCUT2D eigenvalue weighted by Gasteiger charge is 2.01. The van der Waals surface area contributed by atoms with Gasteiger partial charge in [-0.3, -0.25) is 0 Å². The number of aryl methyl sites for hydroxylation is 1. The molecule has 1 nitrogen and oxygen atoms in total. The lowest BCUT2D eigenvalue weighted by Gasteiger charge is -2.08. The fraction of sp³-hybridized carbons (Fsp3) is 0.250. The zero-order valence-corrected chi connectivity index (χ0v) is 11.5. The third-order valence-corrected chi connectivity index (χ3v) is 3.21. The lowest BCUT2D eigenvalue weighted by Crippen LogP contribution is -2.03. The largest absolute Gasteiger partial charge is 0.383 e. The van der Waals surface area contributed by atoms with Crippen LogP contribution in [0.25, 0.3) is 0 Å². The van der Waals surface area contributed by atoms with E-state index in [0.29, 0.717) is 10.7 Å². The van der Waals surface area contributed by atoms with Crippen molar-refractivity contribution in [1.29, 1.82) is 0 Å². The number of hydrogen-bond donors (Lipinski definition) is 1. The monoisotopic (exact) mass is 277 g/mol. The highest BCUT2D eigenvalue weighted by molar-refractivity contribution is 6.30. The summed E-state index contributed by atoms with van der Waals surface area (Å²) < 4.78 is 13.4. The van der Waals surface area contributed by atoms with Crippen LogP contribution in [0.2, 0.25) is 5.02 Å². The van der Waals surface area contributed by atoms with E-state index in [0.717, 1.165) is 25.8 Å². The number of rotatable bonds is 6. The maximum absolute atomic E-state index is 13.4. The highest BCUT2D eigenvalue weighted by Crippen LogP contribution is 2.19. The Morgan fingerprint density at radius 3 is 2.58 bits per heavy atom. The van der Waals surface area contributed by atoms with Crippen LogP contribution in [0.1, 0.15) is 18.4 Å². The third-order valence-electron chi connectivity index (χ3n) is 2.98. The van der Waals surface area contributed by atoms with Crippen molar-refractivity contribution in [3.8, 4) is 0 Å². The first-order valence-corrected chi connectivity index (χ1v) is 6.86. The summed E-state index contributed by atoms with van der Waals surface area (Å²) in [6.45, 7) is 0.754. The number of benzene rings is 2. The van der Waals surface area contributed by atoms with Gasteiger partial charge >= 0.3 is 0 Å². The Balaban J connectivity index is 1.71. The summed E-state index contributed by atoms with van der Waals surface area (Å²) >= 11 is 5.83. The summed E-state index contributed by atoms with van der Waals surface area (Å²) in [6, 6.07) is 14.9. The fourth-order valence-electron chi connectivity index (χ4n) is 1.95. The van der Waals surface area contributed by atoms with E-state index in [1.165, 1.54) is 11.6 Å². The Bertz CT molecular complexity index is 513. The van der Waals surface area contributed by atoms with Crippen molar-refractivity contribution in [2.45, 2.75) is 19.3 Å². The normalized spacial score (nSPS) is 10.4. The molecule has 0 aliphatic heterocycles. The first kappa shape index (κ1) is 13.9. The molecule has 0 bridgehead atoms. The Hall–Kier alpha value is -1.54. The Morgan fingerprint density at radius 2 is 1.79 bits per heavy atom. The quantitative estimate of drug-likeness (QED) is 0.740. The number of halogens is 2. The lowest BCUT2D eigenvalue weighted by atomic mass is 10.1. The van der Waals surface area contributed by atoms with Crippen LogP contribution in [0.5, 0.6) is 0 Å². The first-order chi connectivity index (χ1) is 9.25. The average Bonchev–Trinajstić information content (AvgIpc) is 2.43. The van der Waals surface area contributed by atoms with E-state index in [-0.39, 0.29) is 5.82 Å². The standard InChI is InChI=1S/C16H17ClFN/c17-14-9-10-15(18)16(12-14)19-11-5-4-8-13-6-2-1-3-7-13/h1-3,6-7,9-10,12,19H,4-5,8,11H2. The van der Waals surface area contributed by atoms with E-state index >= 15 is 0 Å². The van der Waals surface area contributed by atoms with Crippen molar-refractivity contribution in [2.75, 3.05) is 11.9 Å². The van der Waals surface area contributed by atoms with Gasteiger partial charge in [0.2, 0.25) is 0 Å². The van der Waals surface area contributed by atoms with E-state index in [9.17, 15) is 4.39 Å². The maximum atomic E-state index is 13.4. The van der Waals surface area contributed by atoms with E-state index in [1.807, 2.05) is 6.07 Å². The van der Waals surface area contributed by atoms with Crippen molar-refractivity contribution < 1.29 is 4.39 Å². The molecule has 0 aliphatic carbocycles. The average molecular weight is 278 g/mol. The third kappa shape index (κ3) is 4.56. The number of anilines is 1. The van der Waals surface area contributed by atoms with Crippen LogP contribution in [-0.2, 0) is 6.42 Å². The molecular formula is C16H17ClFN. The predicted molar refractivity (Wildman–Crippen MR) is 79.3 cm³/mol. The number of unbranched alkanes of at least 4 members (excludes halogenated alkanes) is 1. The minimum Gasteiger partial charge on any atom is -0.383 e. The van der Waals surface area contributed by atoms with Crippen molar-refractivity contribution in [3.63, 3.8) is 0 Å². The molecule has 19 heavy (non-hydrogen) atoms. The van der Waals surface area contributed by atoms with Gasteiger partial charge in [-0.1, -0.05) is 41.9 Å². The molecular weight excluding hydrogens is 261 g/mol. The molecule has 2 aromatic rings. The van der Waals surface area contributed by atoms with Gasteiger partial charge in [-0.2, -0.15) is 0 Å². The van der Waals surface area contributed by atoms with Gasteiger partial charge in [-0.15, -0.1) is 0 Å². The molecule has 0 heterocycles. The Morgan fingerprint density at radius 1 is 1.00 bits per heavy atom. The minimum absolute atomic E-state index is 0.257. The molecule has 0 fully saturated rings. The summed E-state index contributed by atoms with van der Waals surface area (Å²) in [7, 11) is 0. The highest BCUT2D eigenvalue weighted by atomic mass is 35.5. The van der Waals surface area contributed by atoms with Crippen molar-refractivity contribution >= 4 is 17.3 Å². The molecule has 0 atom stereocenters. The molecule has 100 valence electrons. The van der Waals surface area contributed by atoms with Crippen LogP contribution in [-0.4, -0.2) is 6.54 Å². The van der Waals surface area contributed by atoms with Crippen LogP contribution in [0.3, 0.4) is 0 Å². The van der Waals surface area contributed by atoms with Crippen molar-refractivity contribution in [3.05, 3.63) is 64.9 Å². The van der Waals surface area contributed by atoms with Gasteiger partial charge in [0, 0.05) is 11.6 Å². The minimum atomic E-state index is -0.257. The maximum Gasteiger partial charge on any atom is 0.146 e. The molecule has 0 spiro atoms. The SMILES string of the molecule is Fc1ccc(Cl)cc1NCCCCc1ccccc1. The van der Waals surface area contributed by atoms with Gasteiger partial charge in [-0.05, 0) is 43.0 Å². The molecule has 0 saturated heterocycles. The summed E-state index contributed by atoms with van der Waals surface area (Å²) in [6.07, 6.45) is 3.14. The topological polar surface area (TPSA) is 12.0 Å². The molecule has 0 unspecified atom stereocenters. The lowest BCUT2D eigenvalue weighted by molar-refractivity contribution is 0.629. The van der Waals surface area contributed by atoms with E-state index in [1.54, 1.807) is 12.1 Å². The van der Waals surface area contributed by atoms with Crippen LogP contribution in [0.15, 0.2) is 48.5 Å². The molecule has 1 N–H and O–H groups in total. The molecule has 0 aliphatic rings. The second kappa shape index (κ2) is 7.15. The summed E-state index contributed by atoms with van der Waals surface area (Å²) in [4.78, 5) is 0. The molecule has 0 saturated carbocycles. The van der Waals surface area contributed by atoms with Crippen LogP contribution < -0.4 is 5.32 Å². The second-order valence-corrected chi connectivity index (χ2v) is 4.93. The Kier molecular flexibility index (Phi) is 5.22. The van der Waals surface area contributed by atoms with E-state index in [2.05, 4.69) is 29.6 Å². The second-order valence-electron chi connectivity index (χ2n) is 4.49. The zero-order chi connectivity index (χ0) is 13.5. The first-order valence-electron chi connectivity index (χ1n) is 6.48. The predicted octanol–water partition coefficient (Wildman–Crippen LogP) is 4.91. The van der Waals surface area contributed by atoms with Crippen molar-refractivity contribution in [2.24, 2.45) is 0 Å². The molecule has 0 radical (unpaired) electrons. The number of nitrogens with one attached hydrogen (secondary N) is 1. The van der Waals surface area contributed by atoms with Gasteiger partial charge in [0.15, 0.2) is 0 Å². The van der Waals surface area contributed by atoms with Crippen LogP contribution in [0, 0.1) is 5.82 Å². The van der Waals surface area contributed by atoms with Gasteiger partial charge in [0.1, 0.15) is 5.82 Å². The summed E-state index contributed by atoms with van der Waals surface area (Å²) in [5, 5.41) is 3.63. The molecule has 0 amide bonds. The number of hydrogen-bond acceptors (Lipinski definition) is 1. The van der Waals surface area contributed by atoms with Crippen LogP contribution in [0.4, 0.5) is 10.1 Å². The summed E-state index contributed by atoms with van der Waals surface area (Å²) in [5.74, 6) is -0.257. The Labute approximate surface area is 118 Å².